The van der Waals surface area contributed by atoms with E-state index in [1.807, 2.05) is 48.5 Å². The van der Waals surface area contributed by atoms with Gasteiger partial charge in [0.1, 0.15) is 10.7 Å². The van der Waals surface area contributed by atoms with Gasteiger partial charge in [-0.25, -0.2) is 15.0 Å². The van der Waals surface area contributed by atoms with Gasteiger partial charge < -0.3 is 0 Å². The lowest BCUT2D eigenvalue weighted by molar-refractivity contribution is -0.385. The Bertz CT molecular complexity index is 1290. The number of rotatable bonds is 5. The second-order valence-corrected chi connectivity index (χ2v) is 8.76. The van der Waals surface area contributed by atoms with Crippen LogP contribution < -0.4 is 0 Å². The van der Waals surface area contributed by atoms with Crippen molar-refractivity contribution < 1.29 is 4.92 Å². The molecule has 0 N–H and O–H groups in total. The van der Waals surface area contributed by atoms with Crippen molar-refractivity contribution in [1.82, 2.24) is 15.0 Å². The number of hydrogen-bond donors (Lipinski definition) is 0. The molecule has 0 amide bonds. The number of nitro groups is 1. The maximum atomic E-state index is 11.5. The van der Waals surface area contributed by atoms with Crippen LogP contribution in [0.4, 0.5) is 5.69 Å². The Morgan fingerprint density at radius 2 is 1.34 bits per heavy atom. The van der Waals surface area contributed by atoms with E-state index in [0.29, 0.717) is 18.5 Å². The van der Waals surface area contributed by atoms with Gasteiger partial charge in [0.05, 0.1) is 30.4 Å². The molecule has 0 fully saturated rings. The number of pyridine rings is 1. The van der Waals surface area contributed by atoms with Crippen LogP contribution >= 0.6 is 22.7 Å². The number of nitrogens with zero attached hydrogens (tertiary/aromatic N) is 4. The Kier molecular flexibility index (Phi) is 4.49. The minimum absolute atomic E-state index is 0.0253. The summed E-state index contributed by atoms with van der Waals surface area (Å²) in [4.78, 5) is 25.0. The molecule has 0 saturated carbocycles. The van der Waals surface area contributed by atoms with Crippen LogP contribution in [0.1, 0.15) is 21.4 Å². The fourth-order valence-corrected chi connectivity index (χ4v) is 5.18. The van der Waals surface area contributed by atoms with Crippen LogP contribution in [0.5, 0.6) is 0 Å². The molecule has 0 radical (unpaired) electrons. The third-order valence-corrected chi connectivity index (χ3v) is 6.60. The molecular formula is C21H14N4O2S2. The van der Waals surface area contributed by atoms with E-state index in [2.05, 4.69) is 15.0 Å². The van der Waals surface area contributed by atoms with Gasteiger partial charge in [-0.15, -0.1) is 22.7 Å². The van der Waals surface area contributed by atoms with Crippen molar-refractivity contribution in [2.24, 2.45) is 0 Å². The van der Waals surface area contributed by atoms with Gasteiger partial charge in [0.2, 0.25) is 0 Å². The molecule has 142 valence electrons. The predicted molar refractivity (Wildman–Crippen MR) is 116 cm³/mol. The Morgan fingerprint density at radius 1 is 0.759 bits per heavy atom. The van der Waals surface area contributed by atoms with Crippen molar-refractivity contribution in [2.75, 3.05) is 0 Å². The molecule has 0 bridgehead atoms. The highest BCUT2D eigenvalue weighted by Crippen LogP contribution is 2.28. The van der Waals surface area contributed by atoms with Gasteiger partial charge in [0.25, 0.3) is 5.69 Å². The molecule has 0 saturated heterocycles. The molecular weight excluding hydrogens is 404 g/mol. The standard InChI is InChI=1S/C21H14N4O2S2/c26-25(27)17-10-9-13(11-20-23-14-5-1-3-7-18(14)28-20)22-16(17)12-21-24-15-6-2-4-8-19(15)29-21/h1-10H,11-12H2. The fraction of sp³-hybridized carbons (Fsp3) is 0.0952. The molecule has 2 aromatic carbocycles. The fourth-order valence-electron chi connectivity index (χ4n) is 3.22. The summed E-state index contributed by atoms with van der Waals surface area (Å²) >= 11 is 3.16. The van der Waals surface area contributed by atoms with Crippen LogP contribution in [0.15, 0.2) is 60.7 Å². The zero-order valence-corrected chi connectivity index (χ0v) is 16.7. The summed E-state index contributed by atoms with van der Waals surface area (Å²) < 4.78 is 2.19. The van der Waals surface area contributed by atoms with Gasteiger partial charge in [-0.1, -0.05) is 24.3 Å². The Morgan fingerprint density at radius 3 is 1.93 bits per heavy atom. The van der Waals surface area contributed by atoms with Gasteiger partial charge in [-0.3, -0.25) is 10.1 Å². The van der Waals surface area contributed by atoms with Crippen LogP contribution in [-0.4, -0.2) is 19.9 Å². The first-order valence-corrected chi connectivity index (χ1v) is 10.6. The first-order chi connectivity index (χ1) is 14.2. The molecule has 0 atom stereocenters. The topological polar surface area (TPSA) is 81.8 Å². The van der Waals surface area contributed by atoms with Crippen molar-refractivity contribution in [3.05, 3.63) is 92.2 Å². The van der Waals surface area contributed by atoms with Crippen LogP contribution in [-0.2, 0) is 12.8 Å². The number of thiazole rings is 2. The van der Waals surface area contributed by atoms with E-state index in [4.69, 9.17) is 0 Å². The lowest BCUT2D eigenvalue weighted by Crippen LogP contribution is -2.03. The highest BCUT2D eigenvalue weighted by Gasteiger charge is 2.19. The Hall–Kier alpha value is -3.23. The third kappa shape index (κ3) is 3.59. The van der Waals surface area contributed by atoms with Crippen molar-refractivity contribution >= 4 is 48.8 Å². The van der Waals surface area contributed by atoms with E-state index in [9.17, 15) is 10.1 Å². The van der Waals surface area contributed by atoms with Crippen LogP contribution in [0.3, 0.4) is 0 Å². The second kappa shape index (κ2) is 7.31. The number of para-hydroxylation sites is 2. The quantitative estimate of drug-likeness (QED) is 0.282. The SMILES string of the molecule is O=[N+]([O-])c1ccc(Cc2nc3ccccc3s2)nc1Cc1nc2ccccc2s1. The molecule has 6 nitrogen and oxygen atoms in total. The number of fused-ring (bicyclic) bond motifs is 2. The highest BCUT2D eigenvalue weighted by molar-refractivity contribution is 7.18. The van der Waals surface area contributed by atoms with E-state index < -0.39 is 0 Å². The lowest BCUT2D eigenvalue weighted by atomic mass is 10.2. The molecule has 0 aliphatic carbocycles. The third-order valence-electron chi connectivity index (χ3n) is 4.53. The summed E-state index contributed by atoms with van der Waals surface area (Å²) in [6.45, 7) is 0. The first kappa shape index (κ1) is 17.8. The van der Waals surface area contributed by atoms with Gasteiger partial charge >= 0.3 is 0 Å². The largest absolute Gasteiger partial charge is 0.291 e. The van der Waals surface area contributed by atoms with Gasteiger partial charge in [0, 0.05) is 24.6 Å². The van der Waals surface area contributed by atoms with E-state index in [0.717, 1.165) is 36.1 Å². The summed E-state index contributed by atoms with van der Waals surface area (Å²) in [6.07, 6.45) is 0.882. The minimum atomic E-state index is -0.378. The number of aromatic nitrogens is 3. The van der Waals surface area contributed by atoms with Gasteiger partial charge in [0.15, 0.2) is 0 Å². The van der Waals surface area contributed by atoms with Crippen LogP contribution in [0.2, 0.25) is 0 Å². The lowest BCUT2D eigenvalue weighted by Gasteiger charge is -2.04. The van der Waals surface area contributed by atoms with E-state index >= 15 is 0 Å². The maximum Gasteiger partial charge on any atom is 0.291 e. The van der Waals surface area contributed by atoms with Crippen molar-refractivity contribution in [3.63, 3.8) is 0 Å². The summed E-state index contributed by atoms with van der Waals surface area (Å²) in [5.41, 5.74) is 3.10. The van der Waals surface area contributed by atoms with Crippen LogP contribution in [0.25, 0.3) is 20.4 Å². The molecule has 0 aliphatic rings. The smallest absolute Gasteiger partial charge is 0.258 e. The average Bonchev–Trinajstić information content (AvgIpc) is 3.30. The summed E-state index contributed by atoms with van der Waals surface area (Å²) in [6, 6.07) is 19.1. The zero-order valence-electron chi connectivity index (χ0n) is 15.1. The molecule has 5 rings (SSSR count). The number of hydrogen-bond acceptors (Lipinski definition) is 7. The summed E-state index contributed by atoms with van der Waals surface area (Å²) in [7, 11) is 0. The molecule has 0 aliphatic heterocycles. The monoisotopic (exact) mass is 418 g/mol. The second-order valence-electron chi connectivity index (χ2n) is 6.53. The number of benzene rings is 2. The van der Waals surface area contributed by atoms with Crippen LogP contribution in [0, 0.1) is 10.1 Å². The minimum Gasteiger partial charge on any atom is -0.258 e. The molecule has 0 unspecified atom stereocenters. The van der Waals surface area contributed by atoms with E-state index in [1.54, 1.807) is 28.7 Å². The Balaban J connectivity index is 1.48. The van der Waals surface area contributed by atoms with Gasteiger partial charge in [-0.2, -0.15) is 0 Å². The predicted octanol–water partition coefficient (Wildman–Crippen LogP) is 5.39. The van der Waals surface area contributed by atoms with Gasteiger partial charge in [-0.05, 0) is 30.3 Å². The van der Waals surface area contributed by atoms with E-state index in [-0.39, 0.29) is 10.6 Å². The summed E-state index contributed by atoms with van der Waals surface area (Å²) in [5, 5.41) is 13.3. The Labute approximate surface area is 173 Å². The van der Waals surface area contributed by atoms with Crippen molar-refractivity contribution in [1.29, 1.82) is 0 Å². The molecule has 29 heavy (non-hydrogen) atoms. The molecule has 3 heterocycles. The maximum absolute atomic E-state index is 11.5. The van der Waals surface area contributed by atoms with Crippen molar-refractivity contribution in [2.45, 2.75) is 12.8 Å². The first-order valence-electron chi connectivity index (χ1n) is 8.98. The highest BCUT2D eigenvalue weighted by atomic mass is 32.1. The zero-order chi connectivity index (χ0) is 19.8. The molecule has 3 aromatic heterocycles. The average molecular weight is 419 g/mol. The summed E-state index contributed by atoms with van der Waals surface area (Å²) in [5.74, 6) is 0. The molecule has 8 heteroatoms. The molecule has 5 aromatic rings. The normalized spacial score (nSPS) is 11.3. The van der Waals surface area contributed by atoms with E-state index in [1.165, 1.54) is 6.07 Å². The molecule has 0 spiro atoms. The van der Waals surface area contributed by atoms with Crippen molar-refractivity contribution in [3.8, 4) is 0 Å².